The molecule has 2 aliphatic carbocycles. The zero-order valence-corrected chi connectivity index (χ0v) is 37.1. The van der Waals surface area contributed by atoms with Crippen molar-refractivity contribution in [3.05, 3.63) is 215 Å². The summed E-state index contributed by atoms with van der Waals surface area (Å²) in [4.78, 5) is 15.1. The number of aryl methyl sites for hydroxylation is 4. The number of pyridine rings is 2. The maximum atomic E-state index is 7.17. The second-order valence-corrected chi connectivity index (χ2v) is 18.2. The summed E-state index contributed by atoms with van der Waals surface area (Å²) in [7, 11) is 0. The van der Waals surface area contributed by atoms with Gasteiger partial charge >= 0.3 is 0 Å². The molecule has 0 aliphatic heterocycles. The van der Waals surface area contributed by atoms with Gasteiger partial charge in [0.2, 0.25) is 0 Å². The number of fused-ring (bicyclic) bond motifs is 11. The van der Waals surface area contributed by atoms with Crippen LogP contribution in [-0.4, -0.2) is 9.97 Å². The fourth-order valence-corrected chi connectivity index (χ4v) is 10.6. The van der Waals surface area contributed by atoms with Gasteiger partial charge in [-0.1, -0.05) is 78.9 Å². The number of para-hydroxylation sites is 2. The predicted molar refractivity (Wildman–Crippen MR) is 273 cm³/mol. The summed E-state index contributed by atoms with van der Waals surface area (Å²) >= 11 is 0. The molecule has 4 aromatic heterocycles. The first-order valence-electron chi connectivity index (χ1n) is 22.7. The molecule has 1 atom stereocenters. The molecule has 6 heteroatoms. The molecule has 0 N–H and O–H groups in total. The highest BCUT2D eigenvalue weighted by atomic mass is 16.3. The Morgan fingerprint density at radius 1 is 0.515 bits per heavy atom. The molecular formula is C60H44N4O2. The molecule has 0 fully saturated rings. The van der Waals surface area contributed by atoms with Crippen LogP contribution in [0.5, 0.6) is 0 Å². The van der Waals surface area contributed by atoms with Gasteiger partial charge < -0.3 is 8.83 Å². The molecule has 7 aromatic carbocycles. The Hall–Kier alpha value is -8.22. The van der Waals surface area contributed by atoms with E-state index in [0.29, 0.717) is 0 Å². The van der Waals surface area contributed by atoms with Crippen LogP contribution in [-0.2, 0) is 6.42 Å². The summed E-state index contributed by atoms with van der Waals surface area (Å²) in [6, 6.07) is 53.7. The number of benzene rings is 7. The fraction of sp³-hybridized carbons (Fsp3) is 0.100. The van der Waals surface area contributed by atoms with Crippen LogP contribution in [0.25, 0.3) is 71.6 Å². The van der Waals surface area contributed by atoms with Crippen LogP contribution in [0, 0.1) is 33.6 Å². The van der Waals surface area contributed by atoms with Gasteiger partial charge in [0.15, 0.2) is 5.58 Å². The van der Waals surface area contributed by atoms with Gasteiger partial charge in [0.1, 0.15) is 28.6 Å². The third kappa shape index (κ3) is 6.24. The largest absolute Gasteiger partial charge is 0.460 e. The quantitative estimate of drug-likeness (QED) is 0.166. The lowest BCUT2D eigenvalue weighted by Gasteiger charge is -2.30. The second-order valence-electron chi connectivity index (χ2n) is 18.2. The standard InChI is InChI=1S/C60H44N4O2/c1-35-23-36(2)26-46(25-35)63(56-21-18-39-11-7-9-15-50(39)61-56)45-20-17-43-33-53-48(31-44(43)29-45)58-55(65-53)34-52(60-59(58)49-30-41-13-5-6-14-42(41)32-54(49)66-60)64(47-27-37(3)24-38(4)28-47)57-22-19-40-12-8-10-16-51(40)62-57/h5-32,34,43H,33H2,1-4H3. The minimum Gasteiger partial charge on any atom is -0.460 e. The smallest absolute Gasteiger partial charge is 0.160 e. The Balaban J connectivity index is 1.05. The van der Waals surface area contributed by atoms with Crippen molar-refractivity contribution < 1.29 is 8.83 Å². The molecule has 0 radical (unpaired) electrons. The van der Waals surface area contributed by atoms with E-state index in [1.165, 1.54) is 27.8 Å². The average Bonchev–Trinajstić information content (AvgIpc) is 3.86. The molecule has 1 unspecified atom stereocenters. The van der Waals surface area contributed by atoms with E-state index in [0.717, 1.165) is 118 Å². The Morgan fingerprint density at radius 2 is 1.09 bits per heavy atom. The van der Waals surface area contributed by atoms with Crippen molar-refractivity contribution in [1.82, 2.24) is 9.97 Å². The average molecular weight is 853 g/mol. The second kappa shape index (κ2) is 14.7. The first-order chi connectivity index (χ1) is 32.3. The van der Waals surface area contributed by atoms with Gasteiger partial charge in [0, 0.05) is 68.0 Å². The van der Waals surface area contributed by atoms with Gasteiger partial charge in [0.25, 0.3) is 0 Å². The van der Waals surface area contributed by atoms with E-state index in [4.69, 9.17) is 18.8 Å². The molecule has 0 bridgehead atoms. The van der Waals surface area contributed by atoms with E-state index in [2.05, 4.69) is 207 Å². The summed E-state index contributed by atoms with van der Waals surface area (Å²) < 4.78 is 14.3. The van der Waals surface area contributed by atoms with Crippen molar-refractivity contribution in [2.45, 2.75) is 34.1 Å². The summed E-state index contributed by atoms with van der Waals surface area (Å²) in [6.45, 7) is 8.62. The normalized spacial score (nSPS) is 14.6. The van der Waals surface area contributed by atoms with Crippen molar-refractivity contribution in [2.24, 2.45) is 5.92 Å². The molecule has 316 valence electrons. The molecule has 13 rings (SSSR count). The zero-order chi connectivity index (χ0) is 44.2. The number of furan rings is 2. The topological polar surface area (TPSA) is 58.5 Å². The van der Waals surface area contributed by atoms with Gasteiger partial charge in [0.05, 0.1) is 16.7 Å². The number of hydrogen-bond acceptors (Lipinski definition) is 6. The number of nitrogens with zero attached hydrogens (tertiary/aromatic N) is 4. The first-order valence-corrected chi connectivity index (χ1v) is 22.7. The predicted octanol–water partition coefficient (Wildman–Crippen LogP) is 16.1. The Bertz CT molecular complexity index is 3900. The lowest BCUT2D eigenvalue weighted by atomic mass is 9.82. The molecular weight excluding hydrogens is 809 g/mol. The maximum Gasteiger partial charge on any atom is 0.160 e. The third-order valence-electron chi connectivity index (χ3n) is 13.4. The van der Waals surface area contributed by atoms with Crippen molar-refractivity contribution in [1.29, 1.82) is 0 Å². The highest BCUT2D eigenvalue weighted by Gasteiger charge is 2.32. The maximum absolute atomic E-state index is 7.17. The van der Waals surface area contributed by atoms with E-state index in [1.54, 1.807) is 0 Å². The van der Waals surface area contributed by atoms with E-state index in [1.807, 2.05) is 6.07 Å². The van der Waals surface area contributed by atoms with E-state index >= 15 is 0 Å². The van der Waals surface area contributed by atoms with Crippen LogP contribution < -0.4 is 9.80 Å². The van der Waals surface area contributed by atoms with Crippen molar-refractivity contribution in [3.8, 4) is 0 Å². The van der Waals surface area contributed by atoms with Gasteiger partial charge in [-0.2, -0.15) is 0 Å². The lowest BCUT2D eigenvalue weighted by molar-refractivity contribution is 0.521. The van der Waals surface area contributed by atoms with E-state index in [-0.39, 0.29) is 5.92 Å². The highest BCUT2D eigenvalue weighted by molar-refractivity contribution is 6.25. The molecule has 0 amide bonds. The lowest BCUT2D eigenvalue weighted by Crippen LogP contribution is -2.21. The molecule has 2 aliphatic rings. The number of rotatable bonds is 6. The van der Waals surface area contributed by atoms with Crippen LogP contribution in [0.15, 0.2) is 190 Å². The number of aromatic nitrogens is 2. The van der Waals surface area contributed by atoms with Crippen LogP contribution in [0.1, 0.15) is 33.6 Å². The molecule has 0 saturated heterocycles. The molecule has 11 aromatic rings. The number of allylic oxidation sites excluding steroid dienone is 4. The van der Waals surface area contributed by atoms with Gasteiger partial charge in [-0.3, -0.25) is 9.80 Å². The third-order valence-corrected chi connectivity index (χ3v) is 13.4. The number of hydrogen-bond donors (Lipinski definition) is 0. The van der Waals surface area contributed by atoms with Crippen molar-refractivity contribution in [3.63, 3.8) is 0 Å². The molecule has 0 spiro atoms. The minimum absolute atomic E-state index is 0.140. The summed E-state index contributed by atoms with van der Waals surface area (Å²) in [5.74, 6) is 2.78. The van der Waals surface area contributed by atoms with Crippen molar-refractivity contribution in [2.75, 3.05) is 9.80 Å². The van der Waals surface area contributed by atoms with Crippen LogP contribution in [0.4, 0.5) is 28.7 Å². The van der Waals surface area contributed by atoms with Gasteiger partial charge in [-0.25, -0.2) is 9.97 Å². The summed E-state index contributed by atoms with van der Waals surface area (Å²) in [6.07, 6.45) is 10.0. The molecule has 6 nitrogen and oxygen atoms in total. The van der Waals surface area contributed by atoms with Crippen LogP contribution in [0.3, 0.4) is 0 Å². The highest BCUT2D eigenvalue weighted by Crippen LogP contribution is 2.50. The van der Waals surface area contributed by atoms with E-state index in [9.17, 15) is 0 Å². The molecule has 0 saturated carbocycles. The number of anilines is 5. The Morgan fingerprint density at radius 3 is 1.74 bits per heavy atom. The van der Waals surface area contributed by atoms with Crippen LogP contribution >= 0.6 is 0 Å². The fourth-order valence-electron chi connectivity index (χ4n) is 10.6. The van der Waals surface area contributed by atoms with E-state index < -0.39 is 0 Å². The SMILES string of the molecule is Cc1cc(C)cc(N(C2=CC3=Cc4c(oc5cc(N(c6cc(C)cc(C)c6)c6ccc7ccccc7n6)c6oc7cc8ccccc8cc7c6c45)CC3C=C2)c2ccc3ccccc3n2)c1. The van der Waals surface area contributed by atoms with Crippen molar-refractivity contribution >= 4 is 100 Å². The van der Waals surface area contributed by atoms with Gasteiger partial charge in [-0.05, 0) is 157 Å². The zero-order valence-electron chi connectivity index (χ0n) is 37.1. The summed E-state index contributed by atoms with van der Waals surface area (Å²) in [5, 5.41) is 7.63. The minimum atomic E-state index is 0.140. The van der Waals surface area contributed by atoms with Gasteiger partial charge in [-0.15, -0.1) is 0 Å². The Kier molecular flexibility index (Phi) is 8.50. The molecule has 4 heterocycles. The van der Waals surface area contributed by atoms with Crippen LogP contribution in [0.2, 0.25) is 0 Å². The Labute approximate surface area is 382 Å². The monoisotopic (exact) mass is 852 g/mol. The summed E-state index contributed by atoms with van der Waals surface area (Å²) in [5.41, 5.74) is 15.4. The molecule has 66 heavy (non-hydrogen) atoms. The first kappa shape index (κ1) is 38.3.